The molecule has 3 aromatic carbocycles. The van der Waals surface area contributed by atoms with Crippen LogP contribution in [0.1, 0.15) is 33.3 Å². The number of para-hydroxylation sites is 2. The number of carbonyl (C=O) groups is 1. The first-order chi connectivity index (χ1) is 21.8. The predicted molar refractivity (Wildman–Crippen MR) is 163 cm³/mol. The van der Waals surface area contributed by atoms with E-state index in [0.717, 1.165) is 29.1 Å². The molecule has 1 saturated heterocycles. The van der Waals surface area contributed by atoms with Gasteiger partial charge in [0, 0.05) is 32.6 Å². The van der Waals surface area contributed by atoms with Gasteiger partial charge in [0.1, 0.15) is 17.8 Å². The second kappa shape index (κ2) is 13.1. The van der Waals surface area contributed by atoms with Gasteiger partial charge in [-0.1, -0.05) is 60.3 Å². The van der Waals surface area contributed by atoms with E-state index in [0.29, 0.717) is 55.2 Å². The molecule has 0 spiro atoms. The zero-order valence-electron chi connectivity index (χ0n) is 24.3. The molecule has 0 unspecified atom stereocenters. The lowest BCUT2D eigenvalue weighted by Crippen LogP contribution is -2.49. The number of piperazine rings is 1. The van der Waals surface area contributed by atoms with Crippen molar-refractivity contribution in [2.75, 3.05) is 38.2 Å². The second-order valence-corrected chi connectivity index (χ2v) is 11.3. The van der Waals surface area contributed by atoms with Crippen molar-refractivity contribution in [2.24, 2.45) is 0 Å². The highest BCUT2D eigenvalue weighted by Gasteiger charge is 2.31. The molecule has 3 heterocycles. The molecular weight excluding hydrogens is 605 g/mol. The van der Waals surface area contributed by atoms with Crippen molar-refractivity contribution in [1.29, 1.82) is 0 Å². The number of hydrogen-bond acceptors (Lipinski definition) is 8. The number of oxazole rings is 1. The third-order valence-electron chi connectivity index (χ3n) is 7.43. The molecule has 1 aliphatic rings. The van der Waals surface area contributed by atoms with Gasteiger partial charge >= 0.3 is 6.18 Å². The summed E-state index contributed by atoms with van der Waals surface area (Å²) in [4.78, 5) is 21.5. The molecular formula is C32H29F3N6O3S. The first-order valence-corrected chi connectivity index (χ1v) is 15.2. The average molecular weight is 635 g/mol. The number of ether oxygens (including phenoxy) is 1. The molecule has 9 nitrogen and oxygen atoms in total. The number of halogens is 3. The van der Waals surface area contributed by atoms with Gasteiger partial charge in [0.05, 0.1) is 29.8 Å². The number of hydrogen-bond donors (Lipinski definition) is 0. The zero-order valence-corrected chi connectivity index (χ0v) is 25.1. The van der Waals surface area contributed by atoms with Gasteiger partial charge in [-0.3, -0.25) is 9.36 Å². The number of aromatic nitrogens is 4. The van der Waals surface area contributed by atoms with Crippen molar-refractivity contribution < 1.29 is 27.1 Å². The van der Waals surface area contributed by atoms with E-state index >= 15 is 0 Å². The quantitative estimate of drug-likeness (QED) is 0.179. The fourth-order valence-corrected chi connectivity index (χ4v) is 6.00. The Labute approximate surface area is 261 Å². The summed E-state index contributed by atoms with van der Waals surface area (Å²) in [6.45, 7) is 2.31. The molecule has 1 aliphatic heterocycles. The Hall–Kier alpha value is -4.78. The first-order valence-electron chi connectivity index (χ1n) is 14.2. The molecule has 0 bridgehead atoms. The number of rotatable bonds is 9. The van der Waals surface area contributed by atoms with Gasteiger partial charge in [-0.05, 0) is 35.9 Å². The lowest BCUT2D eigenvalue weighted by molar-refractivity contribution is -0.137. The van der Waals surface area contributed by atoms with Crippen molar-refractivity contribution in [2.45, 2.75) is 23.5 Å². The number of alkyl halides is 3. The molecule has 13 heteroatoms. The summed E-state index contributed by atoms with van der Waals surface area (Å²) >= 11 is 1.21. The van der Waals surface area contributed by atoms with Crippen molar-refractivity contribution in [1.82, 2.24) is 24.6 Å². The number of anilines is 1. The Bertz CT molecular complexity index is 1770. The van der Waals surface area contributed by atoms with Gasteiger partial charge in [-0.25, -0.2) is 4.98 Å². The van der Waals surface area contributed by atoms with Crippen LogP contribution >= 0.6 is 11.8 Å². The van der Waals surface area contributed by atoms with E-state index in [4.69, 9.17) is 9.15 Å². The summed E-state index contributed by atoms with van der Waals surface area (Å²) in [5.74, 6) is 1.52. The third kappa shape index (κ3) is 6.83. The average Bonchev–Trinajstić information content (AvgIpc) is 3.71. The molecule has 0 saturated carbocycles. The molecule has 2 aromatic heterocycles. The van der Waals surface area contributed by atoms with Crippen LogP contribution in [-0.4, -0.2) is 63.8 Å². The number of thioether (sulfide) groups is 1. The van der Waals surface area contributed by atoms with Crippen LogP contribution < -0.4 is 9.64 Å². The Morgan fingerprint density at radius 3 is 2.47 bits per heavy atom. The molecule has 1 amide bonds. The fourth-order valence-electron chi connectivity index (χ4n) is 5.17. The number of amides is 1. The van der Waals surface area contributed by atoms with E-state index in [2.05, 4.69) is 20.1 Å². The zero-order chi connectivity index (χ0) is 31.4. The maximum absolute atomic E-state index is 13.6. The SMILES string of the molecule is COc1ccccc1N1CCN(C(=O)c2coc(CSc3nnc(Cc4ccccc4)n3-c3cccc(C(F)(F)F)c3)n2)CC1. The van der Waals surface area contributed by atoms with E-state index < -0.39 is 11.7 Å². The standard InChI is InChI=1S/C32H29F3N6O3S/c1-43-27-13-6-5-12-26(27)39-14-16-40(17-15-39)30(42)25-20-44-29(36-25)21-45-31-38-37-28(18-22-8-3-2-4-9-22)41(31)24-11-7-10-23(19-24)32(33,34)35/h2-13,19-20H,14-18,21H2,1H3. The maximum atomic E-state index is 13.6. The van der Waals surface area contributed by atoms with Crippen molar-refractivity contribution in [3.8, 4) is 11.4 Å². The summed E-state index contributed by atoms with van der Waals surface area (Å²) in [6, 6.07) is 22.3. The monoisotopic (exact) mass is 634 g/mol. The van der Waals surface area contributed by atoms with Crippen LogP contribution in [0.15, 0.2) is 94.7 Å². The molecule has 6 rings (SSSR count). The van der Waals surface area contributed by atoms with Crippen molar-refractivity contribution in [3.05, 3.63) is 114 Å². The Morgan fingerprint density at radius 2 is 1.71 bits per heavy atom. The topological polar surface area (TPSA) is 89.5 Å². The van der Waals surface area contributed by atoms with Crippen LogP contribution in [0.3, 0.4) is 0 Å². The molecule has 0 radical (unpaired) electrons. The minimum Gasteiger partial charge on any atom is -0.495 e. The number of carbonyl (C=O) groups excluding carboxylic acids is 1. The number of nitrogens with zero attached hydrogens (tertiary/aromatic N) is 6. The van der Waals surface area contributed by atoms with Crippen LogP contribution in [0.25, 0.3) is 5.69 Å². The highest BCUT2D eigenvalue weighted by molar-refractivity contribution is 7.98. The number of benzene rings is 3. The van der Waals surface area contributed by atoms with Crippen molar-refractivity contribution in [3.63, 3.8) is 0 Å². The number of methoxy groups -OCH3 is 1. The lowest BCUT2D eigenvalue weighted by atomic mass is 10.1. The molecule has 0 atom stereocenters. The molecule has 232 valence electrons. The maximum Gasteiger partial charge on any atom is 0.416 e. The third-order valence-corrected chi connectivity index (χ3v) is 8.34. The minimum atomic E-state index is -4.50. The van der Waals surface area contributed by atoms with Gasteiger partial charge in [0.25, 0.3) is 5.91 Å². The second-order valence-electron chi connectivity index (χ2n) is 10.3. The lowest BCUT2D eigenvalue weighted by Gasteiger charge is -2.36. The summed E-state index contributed by atoms with van der Waals surface area (Å²) in [7, 11) is 1.64. The Kier molecular flexibility index (Phi) is 8.78. The first kappa shape index (κ1) is 30.3. The minimum absolute atomic E-state index is 0.192. The molecule has 1 fully saturated rings. The summed E-state index contributed by atoms with van der Waals surface area (Å²) < 4.78 is 53.4. The molecule has 0 aliphatic carbocycles. The Morgan fingerprint density at radius 1 is 0.956 bits per heavy atom. The summed E-state index contributed by atoms with van der Waals surface area (Å²) in [6.07, 6.45) is -2.80. The summed E-state index contributed by atoms with van der Waals surface area (Å²) in [5, 5.41) is 8.98. The largest absolute Gasteiger partial charge is 0.495 e. The molecule has 0 N–H and O–H groups in total. The fraction of sp³-hybridized carbons (Fsp3) is 0.250. The van der Waals surface area contributed by atoms with Gasteiger partial charge < -0.3 is 19.0 Å². The van der Waals surface area contributed by atoms with Crippen LogP contribution in [0.2, 0.25) is 0 Å². The normalized spacial score (nSPS) is 13.7. The van der Waals surface area contributed by atoms with Gasteiger partial charge in [-0.2, -0.15) is 13.2 Å². The molecule has 5 aromatic rings. The van der Waals surface area contributed by atoms with E-state index in [1.54, 1.807) is 22.6 Å². The smallest absolute Gasteiger partial charge is 0.416 e. The van der Waals surface area contributed by atoms with E-state index in [-0.39, 0.29) is 17.4 Å². The highest BCUT2D eigenvalue weighted by Crippen LogP contribution is 2.33. The predicted octanol–water partition coefficient (Wildman–Crippen LogP) is 6.13. The molecule has 45 heavy (non-hydrogen) atoms. The van der Waals surface area contributed by atoms with Crippen LogP contribution in [0.4, 0.5) is 18.9 Å². The van der Waals surface area contributed by atoms with Crippen LogP contribution in [-0.2, 0) is 18.3 Å². The highest BCUT2D eigenvalue weighted by atomic mass is 32.2. The van der Waals surface area contributed by atoms with Crippen molar-refractivity contribution >= 4 is 23.4 Å². The van der Waals surface area contributed by atoms with Crippen LogP contribution in [0.5, 0.6) is 5.75 Å². The van der Waals surface area contributed by atoms with Gasteiger partial charge in [-0.15, -0.1) is 10.2 Å². The van der Waals surface area contributed by atoms with E-state index in [9.17, 15) is 18.0 Å². The van der Waals surface area contributed by atoms with E-state index in [1.165, 1.54) is 24.1 Å². The summed E-state index contributed by atoms with van der Waals surface area (Å²) in [5.41, 5.74) is 1.64. The van der Waals surface area contributed by atoms with E-state index in [1.807, 2.05) is 54.6 Å². The van der Waals surface area contributed by atoms with Gasteiger partial charge in [0.15, 0.2) is 10.9 Å². The Balaban J connectivity index is 1.15. The van der Waals surface area contributed by atoms with Gasteiger partial charge in [0.2, 0.25) is 5.89 Å². The van der Waals surface area contributed by atoms with Crippen LogP contribution in [0, 0.1) is 0 Å².